The Morgan fingerprint density at radius 2 is 2.12 bits per heavy atom. The first-order valence-electron chi connectivity index (χ1n) is 5.65. The van der Waals surface area contributed by atoms with Gasteiger partial charge in [0.15, 0.2) is 0 Å². The van der Waals surface area contributed by atoms with Crippen molar-refractivity contribution in [3.05, 3.63) is 0 Å². The van der Waals surface area contributed by atoms with Crippen LogP contribution in [0.3, 0.4) is 0 Å². The van der Waals surface area contributed by atoms with Gasteiger partial charge in [-0.25, -0.2) is 8.42 Å². The van der Waals surface area contributed by atoms with E-state index < -0.39 is 16.0 Å². The molecule has 1 atom stereocenters. The summed E-state index contributed by atoms with van der Waals surface area (Å²) in [6.07, 6.45) is 2.90. The number of carboxylic acids is 1. The molecule has 5 nitrogen and oxygen atoms in total. The van der Waals surface area contributed by atoms with Crippen LogP contribution in [0.1, 0.15) is 39.0 Å². The second-order valence-electron chi connectivity index (χ2n) is 4.27. The topological polar surface area (TPSA) is 74.7 Å². The Labute approximate surface area is 96.5 Å². The molecule has 1 aliphatic rings. The third kappa shape index (κ3) is 3.75. The molecule has 1 unspecified atom stereocenters. The van der Waals surface area contributed by atoms with Crippen LogP contribution in [0.5, 0.6) is 0 Å². The van der Waals surface area contributed by atoms with Gasteiger partial charge in [-0.2, -0.15) is 4.31 Å². The minimum atomic E-state index is -3.09. The lowest BCUT2D eigenvalue weighted by atomic mass is 10.1. The fourth-order valence-electron chi connectivity index (χ4n) is 2.00. The van der Waals surface area contributed by atoms with Crippen LogP contribution >= 0.6 is 0 Å². The maximum absolute atomic E-state index is 11.7. The highest BCUT2D eigenvalue weighted by Crippen LogP contribution is 2.19. The molecule has 0 saturated carbocycles. The van der Waals surface area contributed by atoms with Crippen molar-refractivity contribution in [3.63, 3.8) is 0 Å². The summed E-state index contributed by atoms with van der Waals surface area (Å²) in [6, 6.07) is -0.0790. The maximum Gasteiger partial charge on any atom is 0.303 e. The van der Waals surface area contributed by atoms with E-state index in [1.54, 1.807) is 0 Å². The zero-order valence-electron chi connectivity index (χ0n) is 9.55. The number of hydrogen-bond donors (Lipinski definition) is 1. The molecule has 0 spiro atoms. The molecule has 0 aromatic heterocycles. The van der Waals surface area contributed by atoms with Crippen molar-refractivity contribution in [1.29, 1.82) is 0 Å². The Hall–Kier alpha value is -0.620. The molecule has 6 heteroatoms. The number of carbonyl (C=O) groups is 1. The fraction of sp³-hybridized carbons (Fsp3) is 0.900. The van der Waals surface area contributed by atoms with Gasteiger partial charge >= 0.3 is 5.97 Å². The van der Waals surface area contributed by atoms with Gasteiger partial charge in [-0.1, -0.05) is 0 Å². The molecule has 1 N–H and O–H groups in total. The Morgan fingerprint density at radius 3 is 2.69 bits per heavy atom. The zero-order valence-corrected chi connectivity index (χ0v) is 10.4. The highest BCUT2D eigenvalue weighted by Gasteiger charge is 2.29. The summed E-state index contributed by atoms with van der Waals surface area (Å²) < 4.78 is 25.0. The monoisotopic (exact) mass is 249 g/mol. The summed E-state index contributed by atoms with van der Waals surface area (Å²) in [5, 5.41) is 8.51. The molecule has 94 valence electrons. The van der Waals surface area contributed by atoms with E-state index in [1.807, 2.05) is 6.92 Å². The van der Waals surface area contributed by atoms with Crippen LogP contribution in [0.2, 0.25) is 0 Å². The van der Waals surface area contributed by atoms with Crippen LogP contribution in [0, 0.1) is 0 Å². The number of rotatable bonds is 5. The molecule has 1 aliphatic heterocycles. The summed E-state index contributed by atoms with van der Waals surface area (Å²) in [4.78, 5) is 10.4. The molecule has 0 amide bonds. The van der Waals surface area contributed by atoms with E-state index >= 15 is 0 Å². The highest BCUT2D eigenvalue weighted by molar-refractivity contribution is 7.89. The molecular weight excluding hydrogens is 230 g/mol. The van der Waals surface area contributed by atoms with E-state index in [0.29, 0.717) is 19.4 Å². The van der Waals surface area contributed by atoms with E-state index in [9.17, 15) is 13.2 Å². The van der Waals surface area contributed by atoms with Gasteiger partial charge in [-0.15, -0.1) is 0 Å². The minimum Gasteiger partial charge on any atom is -0.481 e. The predicted molar refractivity (Wildman–Crippen MR) is 60.7 cm³/mol. The van der Waals surface area contributed by atoms with E-state index in [4.69, 9.17) is 5.11 Å². The van der Waals surface area contributed by atoms with Gasteiger partial charge in [0.1, 0.15) is 0 Å². The molecule has 0 aromatic rings. The molecule has 16 heavy (non-hydrogen) atoms. The fourth-order valence-corrected chi connectivity index (χ4v) is 3.86. The van der Waals surface area contributed by atoms with Gasteiger partial charge in [0.25, 0.3) is 0 Å². The van der Waals surface area contributed by atoms with E-state index in [0.717, 1.165) is 12.8 Å². The van der Waals surface area contributed by atoms with Gasteiger partial charge in [-0.05, 0) is 32.6 Å². The Kier molecular flexibility index (Phi) is 4.73. The normalized spacial score (nSPS) is 22.8. The van der Waals surface area contributed by atoms with Gasteiger partial charge < -0.3 is 5.11 Å². The molecule has 0 aromatic carbocycles. The molecule has 1 fully saturated rings. The third-order valence-corrected chi connectivity index (χ3v) is 4.95. The van der Waals surface area contributed by atoms with Crippen LogP contribution in [0.4, 0.5) is 0 Å². The summed E-state index contributed by atoms with van der Waals surface area (Å²) in [7, 11) is -3.09. The molecule has 1 saturated heterocycles. The summed E-state index contributed by atoms with van der Waals surface area (Å²) in [5.41, 5.74) is 0. The number of carboxylic acid groups (broad SMARTS) is 1. The molecule has 0 aliphatic carbocycles. The van der Waals surface area contributed by atoms with Crippen molar-refractivity contribution in [1.82, 2.24) is 4.31 Å². The van der Waals surface area contributed by atoms with Crippen molar-refractivity contribution >= 4 is 16.0 Å². The van der Waals surface area contributed by atoms with Crippen LogP contribution in [-0.4, -0.2) is 42.1 Å². The van der Waals surface area contributed by atoms with E-state index in [2.05, 4.69) is 0 Å². The second-order valence-corrected chi connectivity index (χ2v) is 6.31. The lowest BCUT2D eigenvalue weighted by Crippen LogP contribution is -2.43. The zero-order chi connectivity index (χ0) is 12.2. The van der Waals surface area contributed by atoms with E-state index in [-0.39, 0.29) is 18.2 Å². The molecule has 1 rings (SSSR count). The Balaban J connectivity index is 2.46. The van der Waals surface area contributed by atoms with Crippen molar-refractivity contribution < 1.29 is 18.3 Å². The standard InChI is InChI=1S/C10H19NO4S/c1-9(5-4-6-10(12)13)11-7-2-3-8-16(11,14)15/h9H,2-8H2,1H3,(H,12,13). The molecule has 0 bridgehead atoms. The van der Waals surface area contributed by atoms with Crippen LogP contribution in [0.15, 0.2) is 0 Å². The summed E-state index contributed by atoms with van der Waals surface area (Å²) in [5.74, 6) is -0.593. The SMILES string of the molecule is CC(CCCC(=O)O)N1CCCCS1(=O)=O. The predicted octanol–water partition coefficient (Wildman–Crippen LogP) is 1.06. The Morgan fingerprint density at radius 1 is 1.44 bits per heavy atom. The lowest BCUT2D eigenvalue weighted by molar-refractivity contribution is -0.137. The number of aliphatic carboxylic acids is 1. The third-order valence-electron chi connectivity index (χ3n) is 2.89. The first kappa shape index (κ1) is 13.4. The largest absolute Gasteiger partial charge is 0.481 e. The number of hydrogen-bond acceptors (Lipinski definition) is 3. The van der Waals surface area contributed by atoms with Gasteiger partial charge in [0.2, 0.25) is 10.0 Å². The summed E-state index contributed by atoms with van der Waals surface area (Å²) >= 11 is 0. The smallest absolute Gasteiger partial charge is 0.303 e. The average Bonchev–Trinajstić information content (AvgIpc) is 2.16. The first-order valence-corrected chi connectivity index (χ1v) is 7.26. The number of sulfonamides is 1. The second kappa shape index (κ2) is 5.63. The molecule has 0 radical (unpaired) electrons. The van der Waals surface area contributed by atoms with Crippen LogP contribution in [-0.2, 0) is 14.8 Å². The Bertz CT molecular complexity index is 339. The van der Waals surface area contributed by atoms with Crippen molar-refractivity contribution in [2.45, 2.75) is 45.1 Å². The van der Waals surface area contributed by atoms with Crippen LogP contribution in [0.25, 0.3) is 0 Å². The lowest BCUT2D eigenvalue weighted by Gasteiger charge is -2.31. The average molecular weight is 249 g/mol. The van der Waals surface area contributed by atoms with Crippen LogP contribution < -0.4 is 0 Å². The van der Waals surface area contributed by atoms with Crippen molar-refractivity contribution in [3.8, 4) is 0 Å². The first-order chi connectivity index (χ1) is 7.43. The van der Waals surface area contributed by atoms with Gasteiger partial charge in [0, 0.05) is 19.0 Å². The van der Waals surface area contributed by atoms with Gasteiger partial charge in [-0.3, -0.25) is 4.79 Å². The maximum atomic E-state index is 11.7. The molecular formula is C10H19NO4S. The highest BCUT2D eigenvalue weighted by atomic mass is 32.2. The summed E-state index contributed by atoms with van der Waals surface area (Å²) in [6.45, 7) is 2.43. The molecule has 1 heterocycles. The van der Waals surface area contributed by atoms with E-state index in [1.165, 1.54) is 4.31 Å². The van der Waals surface area contributed by atoms with Crippen molar-refractivity contribution in [2.24, 2.45) is 0 Å². The quantitative estimate of drug-likeness (QED) is 0.790. The van der Waals surface area contributed by atoms with Crippen molar-refractivity contribution in [2.75, 3.05) is 12.3 Å². The van der Waals surface area contributed by atoms with Gasteiger partial charge in [0.05, 0.1) is 5.75 Å². The minimum absolute atomic E-state index is 0.0790. The number of nitrogens with zero attached hydrogens (tertiary/aromatic N) is 1.